The van der Waals surface area contributed by atoms with Crippen LogP contribution in [0.15, 0.2) is 0 Å². The summed E-state index contributed by atoms with van der Waals surface area (Å²) in [5.41, 5.74) is 0. The number of nitrogens with one attached hydrogen (secondary N) is 2. The summed E-state index contributed by atoms with van der Waals surface area (Å²) in [6.45, 7) is 1.95. The third-order valence-electron chi connectivity index (χ3n) is 4.29. The fourth-order valence-electron chi connectivity index (χ4n) is 3.56. The van der Waals surface area contributed by atoms with Gasteiger partial charge in [0.05, 0.1) is 5.92 Å². The van der Waals surface area contributed by atoms with Gasteiger partial charge in [-0.15, -0.1) is 0 Å². The third kappa shape index (κ3) is 3.16. The van der Waals surface area contributed by atoms with E-state index in [9.17, 15) is 14.7 Å². The van der Waals surface area contributed by atoms with Crippen molar-refractivity contribution >= 4 is 23.8 Å². The number of aliphatic carboxylic acids is 1. The van der Waals surface area contributed by atoms with E-state index in [1.54, 1.807) is 11.8 Å². The van der Waals surface area contributed by atoms with Crippen molar-refractivity contribution < 1.29 is 14.7 Å². The Morgan fingerprint density at radius 2 is 2.05 bits per heavy atom. The molecular formula is C13H22N2O3S. The Labute approximate surface area is 117 Å². The number of hydrogen-bond donors (Lipinski definition) is 3. The molecule has 5 nitrogen and oxygen atoms in total. The van der Waals surface area contributed by atoms with Crippen LogP contribution in [0.3, 0.4) is 0 Å². The minimum atomic E-state index is -0.769. The second kappa shape index (κ2) is 6.03. The lowest BCUT2D eigenvalue weighted by Crippen LogP contribution is -2.52. The van der Waals surface area contributed by atoms with Gasteiger partial charge in [-0.1, -0.05) is 0 Å². The molecule has 0 aromatic carbocycles. The SMILES string of the molecule is CSCC(C)NC(=O)NC1C2CCC(C2)C1C(=O)O. The van der Waals surface area contributed by atoms with E-state index >= 15 is 0 Å². The summed E-state index contributed by atoms with van der Waals surface area (Å²) in [5.74, 6) is 0.270. The van der Waals surface area contributed by atoms with Gasteiger partial charge in [0.1, 0.15) is 0 Å². The zero-order valence-electron chi connectivity index (χ0n) is 11.4. The van der Waals surface area contributed by atoms with E-state index in [0.29, 0.717) is 5.92 Å². The minimum Gasteiger partial charge on any atom is -0.481 e. The largest absolute Gasteiger partial charge is 0.481 e. The average Bonchev–Trinajstić information content (AvgIpc) is 2.88. The van der Waals surface area contributed by atoms with Gasteiger partial charge in [0.15, 0.2) is 0 Å². The maximum atomic E-state index is 11.9. The first-order valence-electron chi connectivity index (χ1n) is 6.81. The summed E-state index contributed by atoms with van der Waals surface area (Å²) in [5, 5.41) is 15.1. The molecule has 2 bridgehead atoms. The summed E-state index contributed by atoms with van der Waals surface area (Å²) in [6.07, 6.45) is 4.97. The molecule has 0 radical (unpaired) electrons. The van der Waals surface area contributed by atoms with Gasteiger partial charge in [-0.3, -0.25) is 4.79 Å². The van der Waals surface area contributed by atoms with Crippen LogP contribution in [-0.4, -0.2) is 41.2 Å². The van der Waals surface area contributed by atoms with Crippen LogP contribution in [0.5, 0.6) is 0 Å². The minimum absolute atomic E-state index is 0.0943. The van der Waals surface area contributed by atoms with Crippen LogP contribution in [0.4, 0.5) is 4.79 Å². The number of carboxylic acid groups (broad SMARTS) is 1. The molecule has 0 aliphatic heterocycles. The van der Waals surface area contributed by atoms with Crippen LogP contribution in [0.25, 0.3) is 0 Å². The zero-order valence-corrected chi connectivity index (χ0v) is 12.2. The Morgan fingerprint density at radius 1 is 1.37 bits per heavy atom. The molecule has 108 valence electrons. The Bertz CT molecular complexity index is 364. The summed E-state index contributed by atoms with van der Waals surface area (Å²) in [7, 11) is 0. The molecule has 0 saturated heterocycles. The van der Waals surface area contributed by atoms with Crippen LogP contribution in [0, 0.1) is 17.8 Å². The predicted molar refractivity (Wildman–Crippen MR) is 75.3 cm³/mol. The lowest BCUT2D eigenvalue weighted by atomic mass is 9.84. The fourth-order valence-corrected chi connectivity index (χ4v) is 4.15. The average molecular weight is 286 g/mol. The fraction of sp³-hybridized carbons (Fsp3) is 0.846. The molecular weight excluding hydrogens is 264 g/mol. The Hall–Kier alpha value is -0.910. The molecule has 6 heteroatoms. The number of carbonyl (C=O) groups is 2. The van der Waals surface area contributed by atoms with E-state index < -0.39 is 11.9 Å². The lowest BCUT2D eigenvalue weighted by Gasteiger charge is -2.29. The molecule has 2 aliphatic rings. The Balaban J connectivity index is 1.90. The summed E-state index contributed by atoms with van der Waals surface area (Å²) in [6, 6.07) is -0.333. The highest BCUT2D eigenvalue weighted by molar-refractivity contribution is 7.98. The molecule has 0 spiro atoms. The van der Waals surface area contributed by atoms with Gasteiger partial charge in [0.25, 0.3) is 0 Å². The Kier molecular flexibility index (Phi) is 4.60. The van der Waals surface area contributed by atoms with E-state index in [1.807, 2.05) is 13.2 Å². The van der Waals surface area contributed by atoms with Crippen LogP contribution in [-0.2, 0) is 4.79 Å². The standard InChI is InChI=1S/C13H22N2O3S/c1-7(6-19-2)14-13(18)15-11-9-4-3-8(5-9)10(11)12(16)17/h7-11H,3-6H2,1-2H3,(H,16,17)(H2,14,15,18). The molecule has 5 atom stereocenters. The molecule has 0 aromatic rings. The molecule has 2 aliphatic carbocycles. The number of rotatable bonds is 5. The zero-order chi connectivity index (χ0) is 14.0. The number of thioether (sulfide) groups is 1. The maximum absolute atomic E-state index is 11.9. The van der Waals surface area contributed by atoms with Crippen LogP contribution in [0.1, 0.15) is 26.2 Å². The molecule has 0 heterocycles. The van der Waals surface area contributed by atoms with Gasteiger partial charge in [-0.05, 0) is 44.3 Å². The molecule has 19 heavy (non-hydrogen) atoms. The van der Waals surface area contributed by atoms with Crippen LogP contribution < -0.4 is 10.6 Å². The van der Waals surface area contributed by atoms with Gasteiger partial charge in [-0.2, -0.15) is 11.8 Å². The molecule has 3 N–H and O–H groups in total. The molecule has 2 amide bonds. The van der Waals surface area contributed by atoms with Crippen molar-refractivity contribution in [3.63, 3.8) is 0 Å². The van der Waals surface area contributed by atoms with E-state index in [4.69, 9.17) is 0 Å². The third-order valence-corrected chi connectivity index (χ3v) is 5.13. The number of carboxylic acids is 1. The van der Waals surface area contributed by atoms with Gasteiger partial charge in [-0.25, -0.2) is 4.79 Å². The normalized spacial score (nSPS) is 34.0. The highest BCUT2D eigenvalue weighted by atomic mass is 32.2. The highest BCUT2D eigenvalue weighted by Gasteiger charge is 2.51. The van der Waals surface area contributed by atoms with Gasteiger partial charge in [0, 0.05) is 17.8 Å². The summed E-state index contributed by atoms with van der Waals surface area (Å²) >= 11 is 1.68. The van der Waals surface area contributed by atoms with Crippen molar-refractivity contribution in [2.45, 2.75) is 38.3 Å². The highest BCUT2D eigenvalue weighted by Crippen LogP contribution is 2.48. The first kappa shape index (κ1) is 14.5. The maximum Gasteiger partial charge on any atom is 0.315 e. The number of urea groups is 1. The van der Waals surface area contributed by atoms with Gasteiger partial charge < -0.3 is 15.7 Å². The molecule has 2 fully saturated rings. The number of hydrogen-bond acceptors (Lipinski definition) is 3. The second-order valence-electron chi connectivity index (χ2n) is 5.70. The van der Waals surface area contributed by atoms with E-state index in [1.165, 1.54) is 0 Å². The van der Waals surface area contributed by atoms with Crippen LogP contribution in [0.2, 0.25) is 0 Å². The number of amides is 2. The monoisotopic (exact) mass is 286 g/mol. The molecule has 2 saturated carbocycles. The van der Waals surface area contributed by atoms with E-state index in [0.717, 1.165) is 25.0 Å². The first-order chi connectivity index (χ1) is 9.02. The van der Waals surface area contributed by atoms with Crippen molar-refractivity contribution in [3.8, 4) is 0 Å². The number of fused-ring (bicyclic) bond motifs is 2. The smallest absolute Gasteiger partial charge is 0.315 e. The van der Waals surface area contributed by atoms with Crippen molar-refractivity contribution in [2.75, 3.05) is 12.0 Å². The predicted octanol–water partition coefficient (Wildman–Crippen LogP) is 1.54. The topological polar surface area (TPSA) is 78.4 Å². The van der Waals surface area contributed by atoms with Crippen LogP contribution >= 0.6 is 11.8 Å². The van der Waals surface area contributed by atoms with Crippen molar-refractivity contribution in [1.82, 2.24) is 10.6 Å². The van der Waals surface area contributed by atoms with Gasteiger partial charge >= 0.3 is 12.0 Å². The summed E-state index contributed by atoms with van der Waals surface area (Å²) in [4.78, 5) is 23.2. The molecule has 0 aromatic heterocycles. The van der Waals surface area contributed by atoms with Gasteiger partial charge in [0.2, 0.25) is 0 Å². The molecule has 2 rings (SSSR count). The quantitative estimate of drug-likeness (QED) is 0.716. The van der Waals surface area contributed by atoms with Crippen molar-refractivity contribution in [1.29, 1.82) is 0 Å². The van der Waals surface area contributed by atoms with E-state index in [2.05, 4.69) is 10.6 Å². The summed E-state index contributed by atoms with van der Waals surface area (Å²) < 4.78 is 0. The van der Waals surface area contributed by atoms with Crippen molar-refractivity contribution in [3.05, 3.63) is 0 Å². The van der Waals surface area contributed by atoms with E-state index in [-0.39, 0.29) is 24.0 Å². The number of carbonyl (C=O) groups excluding carboxylic acids is 1. The Morgan fingerprint density at radius 3 is 2.68 bits per heavy atom. The van der Waals surface area contributed by atoms with Crippen molar-refractivity contribution in [2.24, 2.45) is 17.8 Å². The second-order valence-corrected chi connectivity index (χ2v) is 6.61. The first-order valence-corrected chi connectivity index (χ1v) is 8.21. The lowest BCUT2D eigenvalue weighted by molar-refractivity contribution is -0.144. The molecule has 5 unspecified atom stereocenters.